The maximum absolute atomic E-state index is 13.9. The molecule has 0 aromatic heterocycles. The predicted octanol–water partition coefficient (Wildman–Crippen LogP) is 4.14. The van der Waals surface area contributed by atoms with Gasteiger partial charge in [-0.05, 0) is 24.3 Å². The molecule has 2 aliphatic heterocycles. The highest BCUT2D eigenvalue weighted by Gasteiger charge is 2.45. The van der Waals surface area contributed by atoms with Crippen LogP contribution in [-0.2, 0) is 4.79 Å². The Labute approximate surface area is 193 Å². The molecule has 1 N–H and O–H groups in total. The van der Waals surface area contributed by atoms with Crippen molar-refractivity contribution in [3.63, 3.8) is 0 Å². The molecule has 3 aromatic carbocycles. The van der Waals surface area contributed by atoms with Gasteiger partial charge < -0.3 is 14.8 Å². The summed E-state index contributed by atoms with van der Waals surface area (Å²) < 4.78 is 11.2. The molecular weight excluding hydrogens is 414 g/mol. The first kappa shape index (κ1) is 20.8. The van der Waals surface area contributed by atoms with E-state index in [1.54, 1.807) is 14.2 Å². The van der Waals surface area contributed by atoms with E-state index in [2.05, 4.69) is 5.32 Å². The summed E-state index contributed by atoms with van der Waals surface area (Å²) in [5.41, 5.74) is 4.93. The zero-order valence-corrected chi connectivity index (χ0v) is 18.6. The van der Waals surface area contributed by atoms with Crippen LogP contribution in [0.2, 0.25) is 0 Å². The van der Waals surface area contributed by atoms with E-state index >= 15 is 0 Å². The normalized spacial score (nSPS) is 17.8. The lowest BCUT2D eigenvalue weighted by Gasteiger charge is -2.29. The predicted molar refractivity (Wildman–Crippen MR) is 129 cm³/mol. The molecular formula is C27H25N3O3. The number of hydrogen-bond acceptors (Lipinski definition) is 5. The SMILES string of the molecule is COc1ccc([C@H]2C3=C(NCCN=C3c3ccccc3)C(=O)N2c2ccccc2)c(OC)c1. The Balaban J connectivity index is 1.76. The van der Waals surface area contributed by atoms with E-state index in [1.807, 2.05) is 83.8 Å². The number of benzene rings is 3. The summed E-state index contributed by atoms with van der Waals surface area (Å²) in [7, 11) is 3.26. The molecule has 0 fully saturated rings. The lowest BCUT2D eigenvalue weighted by molar-refractivity contribution is -0.115. The van der Waals surface area contributed by atoms with Crippen molar-refractivity contribution in [1.29, 1.82) is 0 Å². The standard InChI is InChI=1S/C27H25N3O3/c1-32-20-13-14-21(22(17-20)33-2)26-23-24(18-9-5-3-6-10-18)28-15-16-29-25(23)27(31)30(26)19-11-7-4-8-12-19/h3-14,17,26,29H,15-16H2,1-2H3/t26-/m0/s1. The van der Waals surface area contributed by atoms with Crippen molar-refractivity contribution in [1.82, 2.24) is 5.32 Å². The van der Waals surface area contributed by atoms with Gasteiger partial charge in [0.1, 0.15) is 17.2 Å². The second-order valence-corrected chi connectivity index (χ2v) is 7.83. The van der Waals surface area contributed by atoms with Gasteiger partial charge in [-0.1, -0.05) is 48.5 Å². The molecule has 2 aliphatic rings. The Morgan fingerprint density at radius 2 is 1.67 bits per heavy atom. The molecule has 0 bridgehead atoms. The fourth-order valence-electron chi connectivity index (χ4n) is 4.51. The molecule has 6 nitrogen and oxygen atoms in total. The molecule has 0 saturated carbocycles. The number of para-hydroxylation sites is 1. The lowest BCUT2D eigenvalue weighted by atomic mass is 9.91. The van der Waals surface area contributed by atoms with Crippen LogP contribution >= 0.6 is 0 Å². The average molecular weight is 440 g/mol. The molecule has 0 unspecified atom stereocenters. The lowest BCUT2D eigenvalue weighted by Crippen LogP contribution is -2.33. The average Bonchev–Trinajstić information content (AvgIpc) is 3.01. The number of ether oxygens (including phenoxy) is 2. The molecule has 33 heavy (non-hydrogen) atoms. The van der Waals surface area contributed by atoms with E-state index < -0.39 is 6.04 Å². The molecule has 1 atom stereocenters. The number of aliphatic imine (C=N–C) groups is 1. The van der Waals surface area contributed by atoms with Crippen molar-refractivity contribution in [2.75, 3.05) is 32.2 Å². The smallest absolute Gasteiger partial charge is 0.275 e. The van der Waals surface area contributed by atoms with Crippen LogP contribution in [0.4, 0.5) is 5.69 Å². The number of carbonyl (C=O) groups is 1. The van der Waals surface area contributed by atoms with Crippen LogP contribution in [0.3, 0.4) is 0 Å². The molecule has 1 amide bonds. The first-order chi connectivity index (χ1) is 16.2. The molecule has 2 heterocycles. The minimum absolute atomic E-state index is 0.0791. The summed E-state index contributed by atoms with van der Waals surface area (Å²) >= 11 is 0. The minimum atomic E-state index is -0.416. The third-order valence-electron chi connectivity index (χ3n) is 5.99. The molecule has 0 radical (unpaired) electrons. The number of anilines is 1. The van der Waals surface area contributed by atoms with Gasteiger partial charge in [0, 0.05) is 35.0 Å². The van der Waals surface area contributed by atoms with E-state index in [-0.39, 0.29) is 5.91 Å². The summed E-state index contributed by atoms with van der Waals surface area (Å²) in [4.78, 5) is 20.6. The van der Waals surface area contributed by atoms with Crippen LogP contribution in [0.25, 0.3) is 0 Å². The van der Waals surface area contributed by atoms with Gasteiger partial charge >= 0.3 is 0 Å². The first-order valence-electron chi connectivity index (χ1n) is 10.9. The van der Waals surface area contributed by atoms with E-state index in [9.17, 15) is 4.79 Å². The Bertz CT molecular complexity index is 1240. The zero-order valence-electron chi connectivity index (χ0n) is 18.6. The van der Waals surface area contributed by atoms with Crippen LogP contribution in [0.1, 0.15) is 17.2 Å². The maximum Gasteiger partial charge on any atom is 0.275 e. The molecule has 6 heteroatoms. The quantitative estimate of drug-likeness (QED) is 0.649. The van der Waals surface area contributed by atoms with Crippen LogP contribution < -0.4 is 19.7 Å². The number of methoxy groups -OCH3 is 2. The van der Waals surface area contributed by atoms with E-state index in [0.29, 0.717) is 30.3 Å². The van der Waals surface area contributed by atoms with Crippen LogP contribution in [0.15, 0.2) is 95.1 Å². The summed E-state index contributed by atoms with van der Waals surface area (Å²) in [6.07, 6.45) is 0. The van der Waals surface area contributed by atoms with E-state index in [0.717, 1.165) is 28.1 Å². The van der Waals surface area contributed by atoms with Crippen molar-refractivity contribution in [2.24, 2.45) is 4.99 Å². The van der Waals surface area contributed by atoms with Crippen LogP contribution in [-0.4, -0.2) is 38.9 Å². The maximum atomic E-state index is 13.9. The van der Waals surface area contributed by atoms with Crippen molar-refractivity contribution in [3.8, 4) is 11.5 Å². The van der Waals surface area contributed by atoms with Gasteiger partial charge in [0.05, 0.1) is 32.5 Å². The first-order valence-corrected chi connectivity index (χ1v) is 10.9. The molecule has 0 spiro atoms. The van der Waals surface area contributed by atoms with E-state index in [4.69, 9.17) is 14.5 Å². The van der Waals surface area contributed by atoms with Crippen molar-refractivity contribution < 1.29 is 14.3 Å². The highest BCUT2D eigenvalue weighted by Crippen LogP contribution is 2.46. The molecule has 166 valence electrons. The number of amides is 1. The number of nitrogens with zero attached hydrogens (tertiary/aromatic N) is 2. The minimum Gasteiger partial charge on any atom is -0.497 e. The molecule has 0 aliphatic carbocycles. The Morgan fingerprint density at radius 3 is 2.36 bits per heavy atom. The fourth-order valence-corrected chi connectivity index (χ4v) is 4.51. The van der Waals surface area contributed by atoms with Gasteiger partial charge in [-0.2, -0.15) is 0 Å². The van der Waals surface area contributed by atoms with Gasteiger partial charge in [-0.3, -0.25) is 14.7 Å². The van der Waals surface area contributed by atoms with Crippen molar-refractivity contribution in [2.45, 2.75) is 6.04 Å². The van der Waals surface area contributed by atoms with Gasteiger partial charge in [0.15, 0.2) is 0 Å². The zero-order chi connectivity index (χ0) is 22.8. The second kappa shape index (κ2) is 8.82. The van der Waals surface area contributed by atoms with Gasteiger partial charge in [-0.25, -0.2) is 0 Å². The molecule has 0 saturated heterocycles. The molecule has 3 aromatic rings. The van der Waals surface area contributed by atoms with Crippen molar-refractivity contribution in [3.05, 3.63) is 101 Å². The summed E-state index contributed by atoms with van der Waals surface area (Å²) in [5, 5.41) is 3.36. The Kier molecular flexibility index (Phi) is 5.57. The van der Waals surface area contributed by atoms with Gasteiger partial charge in [0.2, 0.25) is 0 Å². The number of nitrogens with one attached hydrogen (secondary N) is 1. The van der Waals surface area contributed by atoms with Gasteiger partial charge in [0.25, 0.3) is 5.91 Å². The highest BCUT2D eigenvalue weighted by molar-refractivity contribution is 6.23. The molecule has 5 rings (SSSR count). The number of carbonyl (C=O) groups excluding carboxylic acids is 1. The Morgan fingerprint density at radius 1 is 0.939 bits per heavy atom. The monoisotopic (exact) mass is 439 g/mol. The summed E-state index contributed by atoms with van der Waals surface area (Å²) in [5.74, 6) is 1.26. The number of rotatable bonds is 5. The second-order valence-electron chi connectivity index (χ2n) is 7.83. The third-order valence-corrected chi connectivity index (χ3v) is 5.99. The van der Waals surface area contributed by atoms with Gasteiger partial charge in [-0.15, -0.1) is 0 Å². The van der Waals surface area contributed by atoms with Crippen LogP contribution in [0, 0.1) is 0 Å². The Hall–Kier alpha value is -4.06. The third kappa shape index (κ3) is 3.63. The fraction of sp³-hybridized carbons (Fsp3) is 0.185. The highest BCUT2D eigenvalue weighted by atomic mass is 16.5. The largest absolute Gasteiger partial charge is 0.497 e. The van der Waals surface area contributed by atoms with Crippen molar-refractivity contribution >= 4 is 17.3 Å². The summed E-state index contributed by atoms with van der Waals surface area (Å²) in [6, 6.07) is 25.1. The summed E-state index contributed by atoms with van der Waals surface area (Å²) in [6.45, 7) is 1.18. The van der Waals surface area contributed by atoms with Crippen LogP contribution in [0.5, 0.6) is 11.5 Å². The van der Waals surface area contributed by atoms with E-state index in [1.165, 1.54) is 0 Å². The number of hydrogen-bond donors (Lipinski definition) is 1. The topological polar surface area (TPSA) is 63.2 Å².